The molecule has 1 fully saturated rings. The number of carbonyl (C=O) groups excluding carboxylic acids is 2. The number of thiazole rings is 1. The molecule has 3 rings (SSSR count). The van der Waals surface area contributed by atoms with E-state index in [-0.39, 0.29) is 18.8 Å². The topological polar surface area (TPSA) is 76.5 Å². The lowest BCUT2D eigenvalue weighted by Gasteiger charge is -2.33. The van der Waals surface area contributed by atoms with Crippen LogP contribution in [-0.4, -0.2) is 28.4 Å². The number of Topliss-reactive ketones (excluding diaryl/α,β-unsaturated/α-hetero) is 1. The van der Waals surface area contributed by atoms with Gasteiger partial charge in [-0.05, 0) is 31.9 Å². The number of nitrogens with zero attached hydrogens (tertiary/aromatic N) is 1. The molecule has 0 atom stereocenters. The van der Waals surface area contributed by atoms with Crippen LogP contribution in [0.4, 0.5) is 0 Å². The molecule has 152 valence electrons. The van der Waals surface area contributed by atoms with Crippen LogP contribution >= 0.6 is 22.9 Å². The van der Waals surface area contributed by atoms with Crippen LogP contribution in [0.3, 0.4) is 0 Å². The minimum Gasteiger partial charge on any atom is -0.464 e. The standard InChI is InChI=1S/C22H22ClNO4S/c1-15-18(24-21(29-15)16-5-7-17(23)8-6-16)13-20(27)28-14-22(19(26)9-12-25)10-3-2-4-11-22/h5-8,25H,2-4,10-11,13-14H2,1H3. The number of hydrogen-bond donors (Lipinski definition) is 1. The van der Waals surface area contributed by atoms with Gasteiger partial charge in [0.1, 0.15) is 17.7 Å². The highest BCUT2D eigenvalue weighted by molar-refractivity contribution is 7.15. The molecule has 29 heavy (non-hydrogen) atoms. The fraction of sp³-hybridized carbons (Fsp3) is 0.409. The number of aromatic nitrogens is 1. The Balaban J connectivity index is 1.66. The monoisotopic (exact) mass is 431 g/mol. The first-order chi connectivity index (χ1) is 13.9. The van der Waals surface area contributed by atoms with Gasteiger partial charge in [0.2, 0.25) is 5.78 Å². The van der Waals surface area contributed by atoms with E-state index in [1.807, 2.05) is 19.1 Å². The van der Waals surface area contributed by atoms with Crippen molar-refractivity contribution in [3.05, 3.63) is 39.9 Å². The van der Waals surface area contributed by atoms with Crippen LogP contribution in [0.2, 0.25) is 5.02 Å². The summed E-state index contributed by atoms with van der Waals surface area (Å²) in [4.78, 5) is 30.4. The molecular formula is C22H22ClNO4S. The molecular weight excluding hydrogens is 410 g/mol. The summed E-state index contributed by atoms with van der Waals surface area (Å²) >= 11 is 7.44. The second kappa shape index (κ2) is 9.43. The number of hydrogen-bond acceptors (Lipinski definition) is 6. The Morgan fingerprint density at radius 1 is 1.24 bits per heavy atom. The zero-order valence-electron chi connectivity index (χ0n) is 16.2. The normalized spacial score (nSPS) is 15.2. The average Bonchev–Trinajstić information content (AvgIpc) is 3.08. The summed E-state index contributed by atoms with van der Waals surface area (Å²) in [6.45, 7) is 1.91. The molecule has 1 N–H and O–H groups in total. The van der Waals surface area contributed by atoms with E-state index in [1.54, 1.807) is 18.2 Å². The van der Waals surface area contributed by atoms with Crippen LogP contribution in [0.1, 0.15) is 42.7 Å². The number of aliphatic hydroxyl groups excluding tert-OH is 1. The van der Waals surface area contributed by atoms with E-state index in [4.69, 9.17) is 21.4 Å². The van der Waals surface area contributed by atoms with Crippen LogP contribution in [0.15, 0.2) is 24.3 Å². The highest BCUT2D eigenvalue weighted by atomic mass is 35.5. The van der Waals surface area contributed by atoms with Crippen LogP contribution in [0, 0.1) is 24.4 Å². The van der Waals surface area contributed by atoms with Crippen molar-refractivity contribution >= 4 is 34.7 Å². The molecule has 0 radical (unpaired) electrons. The van der Waals surface area contributed by atoms with E-state index in [1.165, 1.54) is 11.3 Å². The second-order valence-electron chi connectivity index (χ2n) is 7.27. The van der Waals surface area contributed by atoms with Gasteiger partial charge in [-0.25, -0.2) is 4.98 Å². The Labute approximate surface area is 179 Å². The Morgan fingerprint density at radius 2 is 1.93 bits per heavy atom. The molecule has 1 saturated carbocycles. The van der Waals surface area contributed by atoms with Crippen molar-refractivity contribution in [3.63, 3.8) is 0 Å². The number of ether oxygens (including phenoxy) is 1. The van der Waals surface area contributed by atoms with Gasteiger partial charge in [-0.3, -0.25) is 9.59 Å². The molecule has 0 saturated heterocycles. The number of esters is 1. The maximum Gasteiger partial charge on any atom is 0.311 e. The third kappa shape index (κ3) is 5.17. The minimum atomic E-state index is -0.810. The van der Waals surface area contributed by atoms with E-state index >= 15 is 0 Å². The van der Waals surface area contributed by atoms with Crippen molar-refractivity contribution in [2.45, 2.75) is 45.4 Å². The van der Waals surface area contributed by atoms with Crippen LogP contribution in [0.25, 0.3) is 10.6 Å². The van der Waals surface area contributed by atoms with Gasteiger partial charge in [-0.2, -0.15) is 0 Å². The number of aryl methyl sites for hydroxylation is 1. The Morgan fingerprint density at radius 3 is 2.59 bits per heavy atom. The molecule has 0 unspecified atom stereocenters. The minimum absolute atomic E-state index is 0.00737. The molecule has 1 heterocycles. The maximum atomic E-state index is 12.4. The van der Waals surface area contributed by atoms with Crippen molar-refractivity contribution in [1.29, 1.82) is 0 Å². The molecule has 0 bridgehead atoms. The van der Waals surface area contributed by atoms with E-state index < -0.39 is 11.4 Å². The number of benzene rings is 1. The molecule has 0 amide bonds. The van der Waals surface area contributed by atoms with Crippen molar-refractivity contribution in [1.82, 2.24) is 4.98 Å². The summed E-state index contributed by atoms with van der Waals surface area (Å²) < 4.78 is 5.48. The second-order valence-corrected chi connectivity index (χ2v) is 8.91. The smallest absolute Gasteiger partial charge is 0.311 e. The van der Waals surface area contributed by atoms with Crippen LogP contribution < -0.4 is 0 Å². The fourth-order valence-corrected chi connectivity index (χ4v) is 4.62. The molecule has 1 aliphatic rings. The van der Waals surface area contributed by atoms with Gasteiger partial charge >= 0.3 is 5.97 Å². The molecule has 5 nitrogen and oxygen atoms in total. The number of halogens is 1. The quantitative estimate of drug-likeness (QED) is 0.529. The molecule has 1 aliphatic carbocycles. The Bertz CT molecular complexity index is 949. The molecule has 1 aromatic carbocycles. The maximum absolute atomic E-state index is 12.4. The molecule has 0 spiro atoms. The number of rotatable bonds is 6. The number of carbonyl (C=O) groups is 2. The van der Waals surface area contributed by atoms with Gasteiger partial charge in [0, 0.05) is 21.4 Å². The number of aliphatic hydroxyl groups is 1. The van der Waals surface area contributed by atoms with Crippen molar-refractivity contribution in [3.8, 4) is 22.6 Å². The summed E-state index contributed by atoms with van der Waals surface area (Å²) in [5, 5.41) is 10.3. The summed E-state index contributed by atoms with van der Waals surface area (Å²) in [5.41, 5.74) is 0.801. The van der Waals surface area contributed by atoms with E-state index in [2.05, 4.69) is 10.9 Å². The fourth-order valence-electron chi connectivity index (χ4n) is 3.56. The SMILES string of the molecule is Cc1sc(-c2ccc(Cl)cc2)nc1CC(=O)OCC1(C(=O)C#CO)CCCCC1. The predicted octanol–water partition coefficient (Wildman–Crippen LogP) is 4.71. The summed E-state index contributed by atoms with van der Waals surface area (Å²) in [5.74, 6) is 1.44. The highest BCUT2D eigenvalue weighted by Gasteiger charge is 2.40. The largest absolute Gasteiger partial charge is 0.464 e. The predicted molar refractivity (Wildman–Crippen MR) is 112 cm³/mol. The first kappa shape index (κ1) is 21.4. The van der Waals surface area contributed by atoms with Gasteiger partial charge in [0.05, 0.1) is 17.5 Å². The summed E-state index contributed by atoms with van der Waals surface area (Å²) in [6, 6.07) is 7.39. The van der Waals surface area contributed by atoms with E-state index in [9.17, 15) is 9.59 Å². The molecule has 7 heteroatoms. The third-order valence-corrected chi connectivity index (χ3v) is 6.58. The highest BCUT2D eigenvalue weighted by Crippen LogP contribution is 2.37. The lowest BCUT2D eigenvalue weighted by Crippen LogP contribution is -2.38. The van der Waals surface area contributed by atoms with Crippen molar-refractivity contribution < 1.29 is 19.4 Å². The zero-order chi connectivity index (χ0) is 20.9. The molecule has 2 aromatic rings. The average molecular weight is 432 g/mol. The van der Waals surface area contributed by atoms with Crippen LogP contribution in [-0.2, 0) is 20.7 Å². The summed E-state index contributed by atoms with van der Waals surface area (Å²) in [6.07, 6.45) is 5.77. The van der Waals surface area contributed by atoms with Gasteiger partial charge in [0.25, 0.3) is 0 Å². The lowest BCUT2D eigenvalue weighted by atomic mass is 9.72. The zero-order valence-corrected chi connectivity index (χ0v) is 17.7. The van der Waals surface area contributed by atoms with Gasteiger partial charge in [0.15, 0.2) is 0 Å². The third-order valence-electron chi connectivity index (χ3n) is 5.27. The first-order valence-electron chi connectivity index (χ1n) is 9.51. The molecule has 0 aliphatic heterocycles. The Kier molecular flexibility index (Phi) is 6.94. The van der Waals surface area contributed by atoms with E-state index in [0.717, 1.165) is 34.7 Å². The Hall–Kier alpha value is -2.36. The van der Waals surface area contributed by atoms with Gasteiger partial charge in [-0.1, -0.05) is 43.0 Å². The summed E-state index contributed by atoms with van der Waals surface area (Å²) in [7, 11) is 0. The van der Waals surface area contributed by atoms with E-state index in [0.29, 0.717) is 23.6 Å². The lowest BCUT2D eigenvalue weighted by molar-refractivity contribution is -0.149. The van der Waals surface area contributed by atoms with Crippen molar-refractivity contribution in [2.75, 3.05) is 6.61 Å². The first-order valence-corrected chi connectivity index (χ1v) is 10.7. The van der Waals surface area contributed by atoms with Gasteiger partial charge in [-0.15, -0.1) is 11.3 Å². The van der Waals surface area contributed by atoms with Gasteiger partial charge < -0.3 is 9.84 Å². The van der Waals surface area contributed by atoms with Crippen molar-refractivity contribution in [2.24, 2.45) is 5.41 Å². The molecule has 1 aromatic heterocycles. The number of ketones is 1. The van der Waals surface area contributed by atoms with Crippen LogP contribution in [0.5, 0.6) is 0 Å².